The first-order chi connectivity index (χ1) is 14.5. The summed E-state index contributed by atoms with van der Waals surface area (Å²) in [7, 11) is 3.39. The van der Waals surface area contributed by atoms with Crippen LogP contribution in [0.15, 0.2) is 74.1 Å². The van der Waals surface area contributed by atoms with E-state index in [2.05, 4.69) is 15.4 Å². The number of nitrogens with one attached hydrogen (secondary N) is 1. The first-order valence-corrected chi connectivity index (χ1v) is 9.39. The molecule has 30 heavy (non-hydrogen) atoms. The normalized spacial score (nSPS) is 19.7. The highest BCUT2D eigenvalue weighted by Crippen LogP contribution is 2.30. The van der Waals surface area contributed by atoms with Crippen molar-refractivity contribution in [3.8, 4) is 17.0 Å². The van der Waals surface area contributed by atoms with E-state index in [-0.39, 0.29) is 17.6 Å². The Morgan fingerprint density at radius 1 is 1.07 bits per heavy atom. The molecule has 1 amide bonds. The molecular formula is C21H21N5O4. The summed E-state index contributed by atoms with van der Waals surface area (Å²) in [6.45, 7) is 1.88. The quantitative estimate of drug-likeness (QED) is 0.653. The minimum Gasteiger partial charge on any atom is -0.497 e. The number of hydrogen-bond acceptors (Lipinski definition) is 7. The summed E-state index contributed by atoms with van der Waals surface area (Å²) >= 11 is 0. The number of H-pyrrole nitrogens is 1. The van der Waals surface area contributed by atoms with Gasteiger partial charge in [0.25, 0.3) is 5.91 Å². The van der Waals surface area contributed by atoms with Crippen LogP contribution in [-0.2, 0) is 4.79 Å². The van der Waals surface area contributed by atoms with Gasteiger partial charge in [0.05, 0.1) is 18.8 Å². The predicted molar refractivity (Wildman–Crippen MR) is 111 cm³/mol. The van der Waals surface area contributed by atoms with Crippen molar-refractivity contribution >= 4 is 17.3 Å². The van der Waals surface area contributed by atoms with Crippen molar-refractivity contribution in [1.29, 1.82) is 0 Å². The van der Waals surface area contributed by atoms with Crippen molar-refractivity contribution in [2.45, 2.75) is 19.0 Å². The molecule has 154 valence electrons. The topological polar surface area (TPSA) is 104 Å². The highest BCUT2D eigenvalue weighted by atomic mass is 16.5. The Morgan fingerprint density at radius 2 is 1.77 bits per heavy atom. The molecule has 1 aliphatic rings. The second-order valence-corrected chi connectivity index (χ2v) is 6.90. The lowest BCUT2D eigenvalue weighted by Crippen LogP contribution is -2.38. The van der Waals surface area contributed by atoms with Crippen LogP contribution in [0, 0.1) is 0 Å². The van der Waals surface area contributed by atoms with Gasteiger partial charge in [-0.15, -0.1) is 5.11 Å². The number of para-hydroxylation sites is 1. The molecule has 0 radical (unpaired) electrons. The molecule has 0 aliphatic carbocycles. The summed E-state index contributed by atoms with van der Waals surface area (Å²) in [6, 6.07) is 15.4. The van der Waals surface area contributed by atoms with Crippen LogP contribution in [0.2, 0.25) is 0 Å². The lowest BCUT2D eigenvalue weighted by atomic mass is 10.1. The molecule has 4 rings (SSSR count). The number of nitrogens with zero attached hydrogens (tertiary/aromatic N) is 4. The number of aromatic nitrogens is 1. The van der Waals surface area contributed by atoms with Gasteiger partial charge in [0, 0.05) is 12.6 Å². The molecule has 0 bridgehead atoms. The summed E-state index contributed by atoms with van der Waals surface area (Å²) in [5.41, 5.74) is 1.17. The summed E-state index contributed by atoms with van der Waals surface area (Å²) in [4.78, 5) is 25.2. The maximum Gasteiger partial charge on any atom is 0.385 e. The van der Waals surface area contributed by atoms with Crippen LogP contribution in [0.5, 0.6) is 5.75 Å². The standard InChI is InChI=1S/C21H21N5O4/c1-13-17(20(27)26(25(13)2)15-7-5-4-6-8-15)22-23-19-18(24-30-21(19)28)14-9-11-16(29-3)12-10-14/h4-13,17,24H,1-3H3. The van der Waals surface area contributed by atoms with Crippen LogP contribution in [0.1, 0.15) is 6.92 Å². The van der Waals surface area contributed by atoms with Crippen molar-refractivity contribution in [3.63, 3.8) is 0 Å². The van der Waals surface area contributed by atoms with Crippen molar-refractivity contribution in [2.75, 3.05) is 19.2 Å². The fourth-order valence-electron chi connectivity index (χ4n) is 3.36. The van der Waals surface area contributed by atoms with Crippen LogP contribution < -0.4 is 15.4 Å². The number of anilines is 1. The van der Waals surface area contributed by atoms with Crippen LogP contribution >= 0.6 is 0 Å². The van der Waals surface area contributed by atoms with E-state index in [1.54, 1.807) is 36.4 Å². The van der Waals surface area contributed by atoms with Crippen molar-refractivity contribution < 1.29 is 14.1 Å². The van der Waals surface area contributed by atoms with Gasteiger partial charge in [-0.1, -0.05) is 18.2 Å². The fourth-order valence-corrected chi connectivity index (χ4v) is 3.36. The van der Waals surface area contributed by atoms with E-state index in [9.17, 15) is 9.59 Å². The molecule has 9 heteroatoms. The zero-order valence-electron chi connectivity index (χ0n) is 16.8. The Bertz CT molecular complexity index is 1120. The predicted octanol–water partition coefficient (Wildman–Crippen LogP) is 3.38. The Hall–Kier alpha value is -3.72. The molecular weight excluding hydrogens is 386 g/mol. The highest BCUT2D eigenvalue weighted by Gasteiger charge is 2.43. The molecule has 1 aromatic heterocycles. The Morgan fingerprint density at radius 3 is 2.43 bits per heavy atom. The number of rotatable bonds is 5. The van der Waals surface area contributed by atoms with E-state index >= 15 is 0 Å². The number of ether oxygens (including phenoxy) is 1. The average molecular weight is 407 g/mol. The van der Waals surface area contributed by atoms with Crippen LogP contribution in [-0.4, -0.2) is 42.3 Å². The Labute approximate surface area is 172 Å². The highest BCUT2D eigenvalue weighted by molar-refractivity contribution is 5.99. The number of hydrogen-bond donors (Lipinski definition) is 1. The molecule has 2 atom stereocenters. The summed E-state index contributed by atoms with van der Waals surface area (Å²) in [5.74, 6) is 0.466. The van der Waals surface area contributed by atoms with Gasteiger partial charge in [0.2, 0.25) is 0 Å². The molecule has 9 nitrogen and oxygen atoms in total. The Balaban J connectivity index is 1.63. The van der Waals surface area contributed by atoms with Crippen molar-refractivity contribution in [2.24, 2.45) is 10.2 Å². The van der Waals surface area contributed by atoms with Crippen LogP contribution in [0.3, 0.4) is 0 Å². The number of hydrazine groups is 1. The van der Waals surface area contributed by atoms with E-state index in [0.717, 1.165) is 5.69 Å². The molecule has 1 aliphatic heterocycles. The number of methoxy groups -OCH3 is 1. The van der Waals surface area contributed by atoms with Gasteiger partial charge in [0.1, 0.15) is 11.4 Å². The summed E-state index contributed by atoms with van der Waals surface area (Å²) < 4.78 is 10.1. The van der Waals surface area contributed by atoms with E-state index in [4.69, 9.17) is 9.26 Å². The first-order valence-electron chi connectivity index (χ1n) is 9.39. The molecule has 2 heterocycles. The maximum absolute atomic E-state index is 13.0. The molecule has 0 saturated carbocycles. The molecule has 3 aromatic rings. The van der Waals surface area contributed by atoms with Crippen molar-refractivity contribution in [3.05, 3.63) is 65.0 Å². The number of carbonyl (C=O) groups excluding carboxylic acids is 1. The van der Waals surface area contributed by atoms with E-state index in [0.29, 0.717) is 17.0 Å². The minimum absolute atomic E-state index is 0.0148. The lowest BCUT2D eigenvalue weighted by Gasteiger charge is -2.26. The fraction of sp³-hybridized carbons (Fsp3) is 0.238. The number of aromatic amines is 1. The summed E-state index contributed by atoms with van der Waals surface area (Å²) in [6.07, 6.45) is 0. The molecule has 1 saturated heterocycles. The largest absolute Gasteiger partial charge is 0.497 e. The van der Waals surface area contributed by atoms with Gasteiger partial charge in [-0.3, -0.25) is 4.79 Å². The second kappa shape index (κ2) is 7.96. The van der Waals surface area contributed by atoms with Gasteiger partial charge in [-0.2, -0.15) is 5.11 Å². The third-order valence-electron chi connectivity index (χ3n) is 5.16. The van der Waals surface area contributed by atoms with Crippen LogP contribution in [0.4, 0.5) is 11.4 Å². The van der Waals surface area contributed by atoms with Crippen molar-refractivity contribution in [1.82, 2.24) is 10.2 Å². The SMILES string of the molecule is COc1ccc(-c2[nH]oc(=O)c2N=NC2C(=O)N(c3ccccc3)N(C)C2C)cc1. The third kappa shape index (κ3) is 3.39. The number of azo groups is 1. The third-order valence-corrected chi connectivity index (χ3v) is 5.16. The zero-order chi connectivity index (χ0) is 21.3. The second-order valence-electron chi connectivity index (χ2n) is 6.90. The van der Waals surface area contributed by atoms with Crippen LogP contribution in [0.25, 0.3) is 11.3 Å². The lowest BCUT2D eigenvalue weighted by molar-refractivity contribution is -0.118. The Kier molecular flexibility index (Phi) is 5.20. The monoisotopic (exact) mass is 407 g/mol. The minimum atomic E-state index is -0.756. The van der Waals surface area contributed by atoms with E-state index < -0.39 is 11.7 Å². The molecule has 2 unspecified atom stereocenters. The number of carbonyl (C=O) groups is 1. The maximum atomic E-state index is 13.0. The molecule has 1 N–H and O–H groups in total. The number of likely N-dealkylation sites (N-methyl/N-ethyl adjacent to an activating group) is 1. The van der Waals surface area contributed by atoms with Gasteiger partial charge in [-0.25, -0.2) is 20.0 Å². The smallest absolute Gasteiger partial charge is 0.385 e. The van der Waals surface area contributed by atoms with Gasteiger partial charge >= 0.3 is 5.63 Å². The van der Waals surface area contributed by atoms with Gasteiger partial charge in [-0.05, 0) is 43.3 Å². The number of benzene rings is 2. The molecule has 1 fully saturated rings. The average Bonchev–Trinajstić information content (AvgIpc) is 3.24. The first kappa shape index (κ1) is 19.6. The summed E-state index contributed by atoms with van der Waals surface area (Å²) in [5, 5.41) is 14.3. The van der Waals surface area contributed by atoms with E-state index in [1.165, 1.54) is 0 Å². The molecule has 2 aromatic carbocycles. The molecule has 0 spiro atoms. The van der Waals surface area contributed by atoms with Gasteiger partial charge in [0.15, 0.2) is 11.7 Å². The van der Waals surface area contributed by atoms with Gasteiger partial charge < -0.3 is 9.26 Å². The zero-order valence-corrected chi connectivity index (χ0v) is 16.8. The number of amides is 1. The van der Waals surface area contributed by atoms with E-state index in [1.807, 2.05) is 49.3 Å².